The summed E-state index contributed by atoms with van der Waals surface area (Å²) in [6.45, 7) is 5.35. The zero-order valence-corrected chi connectivity index (χ0v) is 24.8. The van der Waals surface area contributed by atoms with E-state index in [9.17, 15) is 4.79 Å². The second-order valence-corrected chi connectivity index (χ2v) is 11.4. The van der Waals surface area contributed by atoms with Crippen LogP contribution in [0, 0.1) is 0 Å². The van der Waals surface area contributed by atoms with E-state index in [2.05, 4.69) is 45.3 Å². The van der Waals surface area contributed by atoms with Crippen LogP contribution in [0.4, 0.5) is 0 Å². The highest BCUT2D eigenvalue weighted by Crippen LogP contribution is 2.23. The molecule has 2 aromatic carbocycles. The summed E-state index contributed by atoms with van der Waals surface area (Å²) in [5.74, 6) is 0.615. The largest absolute Gasteiger partial charge is 0.455 e. The average molecular weight is 525 g/mol. The van der Waals surface area contributed by atoms with Crippen molar-refractivity contribution in [3.8, 4) is 5.75 Å². The van der Waals surface area contributed by atoms with Gasteiger partial charge < -0.3 is 14.0 Å². The van der Waals surface area contributed by atoms with E-state index in [4.69, 9.17) is 9.47 Å². The van der Waals surface area contributed by atoms with E-state index in [1.807, 2.05) is 37.3 Å². The van der Waals surface area contributed by atoms with E-state index in [1.165, 1.54) is 88.2 Å². The van der Waals surface area contributed by atoms with Crippen LogP contribution in [0.1, 0.15) is 108 Å². The molecule has 0 aliphatic rings. The lowest BCUT2D eigenvalue weighted by atomic mass is 10.0. The summed E-state index contributed by atoms with van der Waals surface area (Å²) in [6.07, 6.45) is 17.3. The summed E-state index contributed by atoms with van der Waals surface area (Å²) in [4.78, 5) is 12.8. The molecule has 0 N–H and O–H groups in total. The molecule has 0 aliphatic heterocycles. The summed E-state index contributed by atoms with van der Waals surface area (Å²) in [5, 5.41) is 0. The van der Waals surface area contributed by atoms with Gasteiger partial charge in [-0.2, -0.15) is 0 Å². The number of benzene rings is 2. The number of para-hydroxylation sites is 1. The molecular formula is C34H54NO3+. The van der Waals surface area contributed by atoms with Crippen LogP contribution in [0.3, 0.4) is 0 Å². The summed E-state index contributed by atoms with van der Waals surface area (Å²) < 4.78 is 12.5. The van der Waals surface area contributed by atoms with Crippen molar-refractivity contribution in [3.63, 3.8) is 0 Å². The van der Waals surface area contributed by atoms with Gasteiger partial charge in [0.15, 0.2) is 6.54 Å². The number of ether oxygens (including phenoxy) is 2. The molecule has 0 fully saturated rings. The summed E-state index contributed by atoms with van der Waals surface area (Å²) in [7, 11) is 4.11. The first-order valence-electron chi connectivity index (χ1n) is 15.2. The molecule has 0 bridgehead atoms. The molecule has 2 rings (SSSR count). The van der Waals surface area contributed by atoms with Crippen molar-refractivity contribution >= 4 is 5.97 Å². The van der Waals surface area contributed by atoms with Gasteiger partial charge >= 0.3 is 5.97 Å². The van der Waals surface area contributed by atoms with Crippen molar-refractivity contribution in [3.05, 3.63) is 65.7 Å². The van der Waals surface area contributed by atoms with Gasteiger partial charge in [-0.15, -0.1) is 0 Å². The molecule has 0 aromatic heterocycles. The third-order valence-corrected chi connectivity index (χ3v) is 7.14. The Morgan fingerprint density at radius 3 is 1.89 bits per heavy atom. The molecule has 1 atom stereocenters. The number of hydrogen-bond donors (Lipinski definition) is 0. The Kier molecular flexibility index (Phi) is 15.8. The molecule has 0 aliphatic carbocycles. The zero-order valence-electron chi connectivity index (χ0n) is 24.8. The molecule has 2 aromatic rings. The Bertz CT molecular complexity index is 880. The number of nitrogens with zero attached hydrogens (tertiary/aromatic N) is 1. The van der Waals surface area contributed by atoms with Crippen LogP contribution in [-0.2, 0) is 22.5 Å². The molecule has 0 amide bonds. The third-order valence-electron chi connectivity index (χ3n) is 7.14. The van der Waals surface area contributed by atoms with Gasteiger partial charge in [-0.25, -0.2) is 4.79 Å². The standard InChI is InChI=1S/C34H54NO3/c1-5-7-8-9-10-11-12-13-14-15-16-20-25-31-26-21-22-27-32(31)37-34(6-2)38-33(36)29-35(3,4)28-30-23-18-17-19-24-30/h17-19,21-24,26-27,34H,5-16,20,25,28-29H2,1-4H3/q+1. The number of esters is 1. The van der Waals surface area contributed by atoms with Crippen LogP contribution >= 0.6 is 0 Å². The van der Waals surface area contributed by atoms with Gasteiger partial charge in [0.2, 0.25) is 6.29 Å². The molecule has 212 valence electrons. The first-order chi connectivity index (χ1) is 18.4. The predicted molar refractivity (Wildman–Crippen MR) is 159 cm³/mol. The Morgan fingerprint density at radius 2 is 1.29 bits per heavy atom. The fourth-order valence-corrected chi connectivity index (χ4v) is 4.98. The minimum absolute atomic E-state index is 0.226. The lowest BCUT2D eigenvalue weighted by Crippen LogP contribution is -2.44. The van der Waals surface area contributed by atoms with Crippen molar-refractivity contribution in [2.75, 3.05) is 20.6 Å². The van der Waals surface area contributed by atoms with Crippen LogP contribution in [-0.4, -0.2) is 37.4 Å². The average Bonchev–Trinajstić information content (AvgIpc) is 2.89. The summed E-state index contributed by atoms with van der Waals surface area (Å²) in [5.41, 5.74) is 2.41. The van der Waals surface area contributed by atoms with Gasteiger partial charge in [0.1, 0.15) is 12.3 Å². The van der Waals surface area contributed by atoms with Crippen LogP contribution in [0.25, 0.3) is 0 Å². The van der Waals surface area contributed by atoms with Crippen LogP contribution in [0.5, 0.6) is 5.75 Å². The lowest BCUT2D eigenvalue weighted by molar-refractivity contribution is -0.896. The van der Waals surface area contributed by atoms with Gasteiger partial charge in [-0.1, -0.05) is 133 Å². The maximum atomic E-state index is 12.8. The minimum Gasteiger partial charge on any atom is -0.455 e. The van der Waals surface area contributed by atoms with E-state index in [1.54, 1.807) is 0 Å². The fourth-order valence-electron chi connectivity index (χ4n) is 4.98. The monoisotopic (exact) mass is 524 g/mol. The quantitative estimate of drug-likeness (QED) is 0.0708. The topological polar surface area (TPSA) is 35.5 Å². The van der Waals surface area contributed by atoms with Crippen molar-refractivity contribution in [2.45, 2.75) is 117 Å². The normalized spacial score (nSPS) is 12.3. The van der Waals surface area contributed by atoms with Crippen LogP contribution in [0.15, 0.2) is 54.6 Å². The first-order valence-corrected chi connectivity index (χ1v) is 15.2. The molecule has 4 heteroatoms. The Labute approximate surface area is 233 Å². The van der Waals surface area contributed by atoms with Crippen LogP contribution < -0.4 is 4.74 Å². The molecule has 1 unspecified atom stereocenters. The van der Waals surface area contributed by atoms with Crippen molar-refractivity contribution in [2.24, 2.45) is 0 Å². The van der Waals surface area contributed by atoms with E-state index < -0.39 is 6.29 Å². The maximum absolute atomic E-state index is 12.8. The van der Waals surface area contributed by atoms with E-state index in [0.717, 1.165) is 18.7 Å². The maximum Gasteiger partial charge on any atom is 0.364 e. The van der Waals surface area contributed by atoms with Gasteiger partial charge in [-0.3, -0.25) is 0 Å². The van der Waals surface area contributed by atoms with Gasteiger partial charge in [0.05, 0.1) is 14.1 Å². The second kappa shape index (κ2) is 18.8. The fraction of sp³-hybridized carbons (Fsp3) is 0.618. The molecule has 4 nitrogen and oxygen atoms in total. The number of carbonyl (C=O) groups excluding carboxylic acids is 1. The van der Waals surface area contributed by atoms with Gasteiger partial charge in [-0.05, 0) is 24.5 Å². The zero-order chi connectivity index (χ0) is 27.5. The molecule has 0 radical (unpaired) electrons. The number of unbranched alkanes of at least 4 members (excludes halogenated alkanes) is 11. The number of aryl methyl sites for hydroxylation is 1. The molecule has 38 heavy (non-hydrogen) atoms. The number of hydrogen-bond acceptors (Lipinski definition) is 3. The third kappa shape index (κ3) is 14.0. The van der Waals surface area contributed by atoms with E-state index in [0.29, 0.717) is 17.4 Å². The molecule has 0 spiro atoms. The Balaban J connectivity index is 1.69. The van der Waals surface area contributed by atoms with Crippen LogP contribution in [0.2, 0.25) is 0 Å². The minimum atomic E-state index is -0.567. The van der Waals surface area contributed by atoms with Crippen molar-refractivity contribution < 1.29 is 18.8 Å². The molecule has 0 saturated heterocycles. The highest BCUT2D eigenvalue weighted by molar-refractivity contribution is 5.70. The molecule has 0 heterocycles. The second-order valence-electron chi connectivity index (χ2n) is 11.4. The van der Waals surface area contributed by atoms with Gasteiger partial charge in [0, 0.05) is 12.0 Å². The Hall–Kier alpha value is -2.33. The van der Waals surface area contributed by atoms with Crippen molar-refractivity contribution in [1.82, 2.24) is 0 Å². The molecular weight excluding hydrogens is 470 g/mol. The smallest absolute Gasteiger partial charge is 0.364 e. The lowest BCUT2D eigenvalue weighted by Gasteiger charge is -2.29. The number of likely N-dealkylation sites (N-methyl/N-ethyl adjacent to an activating group) is 1. The number of rotatable bonds is 21. The number of carbonyl (C=O) groups is 1. The summed E-state index contributed by atoms with van der Waals surface area (Å²) in [6, 6.07) is 18.5. The molecule has 0 saturated carbocycles. The highest BCUT2D eigenvalue weighted by atomic mass is 16.7. The van der Waals surface area contributed by atoms with Gasteiger partial charge in [0.25, 0.3) is 0 Å². The first kappa shape index (κ1) is 31.9. The van der Waals surface area contributed by atoms with Crippen molar-refractivity contribution in [1.29, 1.82) is 0 Å². The number of quaternary nitrogens is 1. The predicted octanol–water partition coefficient (Wildman–Crippen LogP) is 8.86. The van der Waals surface area contributed by atoms with E-state index >= 15 is 0 Å². The summed E-state index contributed by atoms with van der Waals surface area (Å²) >= 11 is 0. The Morgan fingerprint density at radius 1 is 0.737 bits per heavy atom. The SMILES string of the molecule is CCCCCCCCCCCCCCc1ccccc1OC(CC)OC(=O)C[N+](C)(C)Cc1ccccc1. The van der Waals surface area contributed by atoms with E-state index in [-0.39, 0.29) is 5.97 Å². The highest BCUT2D eigenvalue weighted by Gasteiger charge is 2.24.